The van der Waals surface area contributed by atoms with Crippen molar-refractivity contribution in [3.05, 3.63) is 81.9 Å². The van der Waals surface area contributed by atoms with E-state index in [-0.39, 0.29) is 12.1 Å². The number of fused-ring (bicyclic) bond motifs is 2. The average Bonchev–Trinajstić information content (AvgIpc) is 3.18. The zero-order chi connectivity index (χ0) is 37.8. The summed E-state index contributed by atoms with van der Waals surface area (Å²) in [6.45, 7) is 1.77. The first-order chi connectivity index (χ1) is 25.7. The van der Waals surface area contributed by atoms with Crippen molar-refractivity contribution in [1.29, 1.82) is 0 Å². The van der Waals surface area contributed by atoms with Crippen molar-refractivity contribution in [2.75, 3.05) is 84.1 Å². The number of hydrogen-bond acceptors (Lipinski definition) is 11. The maximum Gasteiger partial charge on any atom is 0.204 e. The predicted octanol–water partition coefficient (Wildman–Crippen LogP) is 7.09. The second-order valence-electron chi connectivity index (χ2n) is 13.4. The molecule has 0 amide bonds. The number of hydrogen-bond donors (Lipinski definition) is 0. The molecule has 2 atom stereocenters. The number of likely N-dealkylation sites (N-methyl/N-ethyl adjacent to an activating group) is 2. The van der Waals surface area contributed by atoms with E-state index in [0.29, 0.717) is 58.2 Å². The molecule has 0 bridgehead atoms. The highest BCUT2D eigenvalue weighted by Crippen LogP contribution is 2.51. The quantitative estimate of drug-likeness (QED) is 0.133. The molecular weight excluding hydrogens is 676 g/mol. The fourth-order valence-corrected chi connectivity index (χ4v) is 7.83. The lowest BCUT2D eigenvalue weighted by molar-refractivity contribution is 0.223. The van der Waals surface area contributed by atoms with Gasteiger partial charge in [-0.1, -0.05) is 6.07 Å². The van der Waals surface area contributed by atoms with Crippen molar-refractivity contribution in [2.24, 2.45) is 0 Å². The van der Waals surface area contributed by atoms with Gasteiger partial charge < -0.3 is 42.6 Å². The van der Waals surface area contributed by atoms with Crippen molar-refractivity contribution >= 4 is 0 Å². The van der Waals surface area contributed by atoms with Crippen LogP contribution in [0.2, 0.25) is 0 Å². The Hall–Kier alpha value is -5.00. The summed E-state index contributed by atoms with van der Waals surface area (Å²) in [4.78, 5) is 4.74. The smallest absolute Gasteiger partial charge is 0.204 e. The van der Waals surface area contributed by atoms with Crippen LogP contribution >= 0.6 is 0 Å². The highest BCUT2D eigenvalue weighted by molar-refractivity contribution is 5.64. The molecule has 0 spiro atoms. The highest BCUT2D eigenvalue weighted by atomic mass is 16.6. The zero-order valence-electron chi connectivity index (χ0n) is 32.6. The van der Waals surface area contributed by atoms with E-state index in [1.807, 2.05) is 24.3 Å². The highest BCUT2D eigenvalue weighted by Gasteiger charge is 2.33. The molecule has 284 valence electrons. The molecule has 6 rings (SSSR count). The summed E-state index contributed by atoms with van der Waals surface area (Å²) in [7, 11) is 17.5. The van der Waals surface area contributed by atoms with Crippen LogP contribution in [0, 0.1) is 0 Å². The third-order valence-corrected chi connectivity index (χ3v) is 10.7. The molecule has 4 aromatic rings. The lowest BCUT2D eigenvalue weighted by Gasteiger charge is -2.36. The van der Waals surface area contributed by atoms with E-state index in [9.17, 15) is 0 Å². The maximum atomic E-state index is 6.85. The molecule has 53 heavy (non-hydrogen) atoms. The fraction of sp³-hybridized carbons (Fsp3) is 0.429. The number of benzene rings is 4. The molecule has 11 nitrogen and oxygen atoms in total. The largest absolute Gasteiger partial charge is 0.493 e. The third-order valence-electron chi connectivity index (χ3n) is 10.7. The topological polar surface area (TPSA) is 89.6 Å². The van der Waals surface area contributed by atoms with Crippen LogP contribution in [0.25, 0.3) is 0 Å². The normalized spacial score (nSPS) is 16.9. The first-order valence-corrected chi connectivity index (χ1v) is 17.8. The van der Waals surface area contributed by atoms with E-state index in [1.165, 1.54) is 11.1 Å². The van der Waals surface area contributed by atoms with Crippen LogP contribution in [0.5, 0.6) is 57.5 Å². The summed E-state index contributed by atoms with van der Waals surface area (Å²) in [5, 5.41) is 0. The summed E-state index contributed by atoms with van der Waals surface area (Å²) in [5.74, 6) is 6.11. The Bertz CT molecular complexity index is 1930. The van der Waals surface area contributed by atoms with Gasteiger partial charge in [-0.15, -0.1) is 0 Å². The molecule has 0 radical (unpaired) electrons. The summed E-state index contributed by atoms with van der Waals surface area (Å²) in [6, 6.07) is 16.5. The summed E-state index contributed by atoms with van der Waals surface area (Å²) in [5.41, 5.74) is 6.81. The lowest BCUT2D eigenvalue weighted by Crippen LogP contribution is -2.33. The number of methoxy groups -OCH3 is 8. The average molecular weight is 729 g/mol. The van der Waals surface area contributed by atoms with Gasteiger partial charge in [-0.3, -0.25) is 9.80 Å². The molecular formula is C42H52N2O9. The third kappa shape index (κ3) is 7.32. The van der Waals surface area contributed by atoms with Gasteiger partial charge in [0.25, 0.3) is 0 Å². The second-order valence-corrected chi connectivity index (χ2v) is 13.4. The van der Waals surface area contributed by atoms with Gasteiger partial charge >= 0.3 is 0 Å². The summed E-state index contributed by atoms with van der Waals surface area (Å²) in [6.07, 6.45) is 3.15. The van der Waals surface area contributed by atoms with Crippen LogP contribution in [-0.4, -0.2) is 93.9 Å². The molecule has 0 aliphatic carbocycles. The molecule has 0 N–H and O–H groups in total. The SMILES string of the molecule is COc1ccc(C[C@@H]2c3cc(Oc4cc(C[C@H]5c6cc(OC)c(OC)cc6CCN5C)cc(OC)c4OC)c(OC)c(OC)c3CCN2C)cc1OC. The van der Waals surface area contributed by atoms with E-state index in [2.05, 4.69) is 48.2 Å². The van der Waals surface area contributed by atoms with E-state index in [0.717, 1.165) is 60.4 Å². The number of nitrogens with zero attached hydrogens (tertiary/aromatic N) is 2. The molecule has 0 fully saturated rings. The molecule has 0 saturated heterocycles. The van der Waals surface area contributed by atoms with Gasteiger partial charge in [-0.05, 0) is 110 Å². The maximum absolute atomic E-state index is 6.85. The van der Waals surface area contributed by atoms with Crippen molar-refractivity contribution < 1.29 is 42.6 Å². The van der Waals surface area contributed by atoms with Crippen molar-refractivity contribution in [1.82, 2.24) is 9.80 Å². The van der Waals surface area contributed by atoms with E-state index >= 15 is 0 Å². The Morgan fingerprint density at radius 1 is 0.472 bits per heavy atom. The molecule has 0 unspecified atom stereocenters. The van der Waals surface area contributed by atoms with Gasteiger partial charge in [0.15, 0.2) is 46.0 Å². The lowest BCUT2D eigenvalue weighted by atomic mass is 9.87. The van der Waals surface area contributed by atoms with Crippen LogP contribution < -0.4 is 42.6 Å². The van der Waals surface area contributed by atoms with E-state index in [1.54, 1.807) is 56.9 Å². The monoisotopic (exact) mass is 728 g/mol. The Morgan fingerprint density at radius 2 is 0.981 bits per heavy atom. The Kier molecular flexibility index (Phi) is 11.6. The Morgan fingerprint density at radius 3 is 1.62 bits per heavy atom. The van der Waals surface area contributed by atoms with Crippen molar-refractivity contribution in [2.45, 2.75) is 37.8 Å². The predicted molar refractivity (Wildman–Crippen MR) is 204 cm³/mol. The molecule has 4 aromatic carbocycles. The fourth-order valence-electron chi connectivity index (χ4n) is 7.83. The minimum Gasteiger partial charge on any atom is -0.493 e. The van der Waals surface area contributed by atoms with Crippen LogP contribution in [0.15, 0.2) is 48.5 Å². The molecule has 2 aliphatic heterocycles. The number of ether oxygens (including phenoxy) is 9. The van der Waals surface area contributed by atoms with E-state index < -0.39 is 0 Å². The van der Waals surface area contributed by atoms with Crippen LogP contribution in [0.4, 0.5) is 0 Å². The first-order valence-electron chi connectivity index (χ1n) is 17.8. The number of rotatable bonds is 14. The summed E-state index contributed by atoms with van der Waals surface area (Å²) >= 11 is 0. The molecule has 2 aliphatic rings. The standard InChI is InChI=1S/C42H52N2O9/c1-43-15-13-27-22-35(47-5)36(48-6)23-29(27)31(43)18-26-20-37(49-7)41(51-9)38(21-26)53-39-24-30-28(40(50-8)42(39)52-10)14-16-44(2)32(30)17-25-11-12-33(45-3)34(19-25)46-4/h11-12,19-24,31-32H,13-18H2,1-10H3/t31-,32+/m0/s1. The zero-order valence-corrected chi connectivity index (χ0v) is 32.6. The molecule has 2 heterocycles. The van der Waals surface area contributed by atoms with Crippen LogP contribution in [0.1, 0.15) is 45.5 Å². The van der Waals surface area contributed by atoms with Gasteiger partial charge in [0.2, 0.25) is 11.5 Å². The minimum absolute atomic E-state index is 0.0271. The van der Waals surface area contributed by atoms with Crippen molar-refractivity contribution in [3.63, 3.8) is 0 Å². The van der Waals surface area contributed by atoms with Gasteiger partial charge in [-0.2, -0.15) is 0 Å². The molecule has 0 aromatic heterocycles. The second kappa shape index (κ2) is 16.3. The Balaban J connectivity index is 1.41. The van der Waals surface area contributed by atoms with Gasteiger partial charge in [0, 0.05) is 30.7 Å². The van der Waals surface area contributed by atoms with Crippen LogP contribution in [-0.2, 0) is 25.7 Å². The van der Waals surface area contributed by atoms with E-state index in [4.69, 9.17) is 42.6 Å². The molecule has 11 heteroatoms. The van der Waals surface area contributed by atoms with Gasteiger partial charge in [0.1, 0.15) is 0 Å². The minimum atomic E-state index is 0.0271. The van der Waals surface area contributed by atoms with Crippen molar-refractivity contribution in [3.8, 4) is 57.5 Å². The Labute approximate surface area is 313 Å². The van der Waals surface area contributed by atoms with Gasteiger partial charge in [0.05, 0.1) is 56.9 Å². The molecule has 0 saturated carbocycles. The first kappa shape index (κ1) is 37.7. The summed E-state index contributed by atoms with van der Waals surface area (Å²) < 4.78 is 53.2. The van der Waals surface area contributed by atoms with Crippen LogP contribution in [0.3, 0.4) is 0 Å². The van der Waals surface area contributed by atoms with Gasteiger partial charge in [-0.25, -0.2) is 0 Å².